The fourth-order valence-corrected chi connectivity index (χ4v) is 5.70. The van der Waals surface area contributed by atoms with Crippen LogP contribution in [-0.2, 0) is 13.0 Å². The number of H-pyrrole nitrogens is 2. The second-order valence-electron chi connectivity index (χ2n) is 9.11. The van der Waals surface area contributed by atoms with E-state index < -0.39 is 6.04 Å². The summed E-state index contributed by atoms with van der Waals surface area (Å²) >= 11 is 14.6. The molecule has 0 unspecified atom stereocenters. The molecular weight excluding hydrogens is 551 g/mol. The number of fused-ring (bicyclic) bond motifs is 1. The lowest BCUT2D eigenvalue weighted by atomic mass is 10.1. The summed E-state index contributed by atoms with van der Waals surface area (Å²) in [6, 6.07) is 20.9. The van der Waals surface area contributed by atoms with Crippen molar-refractivity contribution >= 4 is 51.9 Å². The number of imidazole rings is 1. The topological polar surface area (TPSA) is 98.5 Å². The number of benzene rings is 3. The molecule has 39 heavy (non-hydrogen) atoms. The third-order valence-electron chi connectivity index (χ3n) is 6.38. The summed E-state index contributed by atoms with van der Waals surface area (Å²) in [6.45, 7) is 4.40. The standard InChI is InChI=1S/C29H28Cl2N6OS/c1-3-39-25-12-10-21(30)14-20(25)16-32-29(38)33-24(13-18-7-5-4-6-8-18)28-34-26(27(31)35-28)19-9-11-22-17(2)36-37-23(22)15-19/h4-12,14-15,24H,3,13,16H2,1-2H3,(H,34,35)(H,36,37)(H2,32,33,38)/t24-/m0/s1. The molecule has 0 aliphatic rings. The predicted molar refractivity (Wildman–Crippen MR) is 160 cm³/mol. The Morgan fingerprint density at radius 1 is 1.08 bits per heavy atom. The van der Waals surface area contributed by atoms with Crippen LogP contribution in [0.5, 0.6) is 0 Å². The van der Waals surface area contributed by atoms with Gasteiger partial charge in [0.1, 0.15) is 16.7 Å². The summed E-state index contributed by atoms with van der Waals surface area (Å²) in [5.74, 6) is 1.49. The Bertz CT molecular complexity index is 1600. The van der Waals surface area contributed by atoms with Gasteiger partial charge in [0.2, 0.25) is 0 Å². The first-order chi connectivity index (χ1) is 18.9. The van der Waals surface area contributed by atoms with Crippen molar-refractivity contribution in [3.05, 3.63) is 99.6 Å². The Morgan fingerprint density at radius 3 is 2.69 bits per heavy atom. The molecule has 0 radical (unpaired) electrons. The Labute approximate surface area is 241 Å². The molecule has 10 heteroatoms. The van der Waals surface area contributed by atoms with Crippen molar-refractivity contribution in [3.8, 4) is 11.3 Å². The number of amides is 2. The van der Waals surface area contributed by atoms with Gasteiger partial charge in [-0.3, -0.25) is 5.10 Å². The van der Waals surface area contributed by atoms with Gasteiger partial charge in [0.15, 0.2) is 0 Å². The van der Waals surface area contributed by atoms with Gasteiger partial charge >= 0.3 is 6.03 Å². The number of aromatic amines is 2. The van der Waals surface area contributed by atoms with Crippen LogP contribution in [0.4, 0.5) is 4.79 Å². The average molecular weight is 580 g/mol. The number of rotatable bonds is 9. The van der Waals surface area contributed by atoms with Crippen LogP contribution in [0.15, 0.2) is 71.6 Å². The van der Waals surface area contributed by atoms with Gasteiger partial charge in [-0.1, -0.05) is 72.6 Å². The van der Waals surface area contributed by atoms with Crippen molar-refractivity contribution in [1.82, 2.24) is 30.8 Å². The highest BCUT2D eigenvalue weighted by Gasteiger charge is 2.22. The third-order valence-corrected chi connectivity index (χ3v) is 7.89. The van der Waals surface area contributed by atoms with Crippen molar-refractivity contribution in [1.29, 1.82) is 0 Å². The van der Waals surface area contributed by atoms with Crippen molar-refractivity contribution in [3.63, 3.8) is 0 Å². The van der Waals surface area contributed by atoms with E-state index in [0.29, 0.717) is 34.7 Å². The Kier molecular flexibility index (Phi) is 8.45. The highest BCUT2D eigenvalue weighted by molar-refractivity contribution is 7.99. The molecule has 0 saturated heterocycles. The smallest absolute Gasteiger partial charge is 0.315 e. The second-order valence-corrected chi connectivity index (χ2v) is 11.2. The molecule has 0 aliphatic carbocycles. The summed E-state index contributed by atoms with van der Waals surface area (Å²) < 4.78 is 0. The zero-order valence-corrected chi connectivity index (χ0v) is 23.8. The van der Waals surface area contributed by atoms with E-state index in [2.05, 4.69) is 32.7 Å². The number of thioether (sulfide) groups is 1. The van der Waals surface area contributed by atoms with Crippen LogP contribution in [0.25, 0.3) is 22.2 Å². The van der Waals surface area contributed by atoms with Gasteiger partial charge in [0, 0.05) is 27.4 Å². The number of hydrogen-bond donors (Lipinski definition) is 4. The van der Waals surface area contributed by atoms with Crippen LogP contribution < -0.4 is 10.6 Å². The summed E-state index contributed by atoms with van der Waals surface area (Å²) in [4.78, 5) is 22.2. The van der Waals surface area contributed by atoms with Crippen molar-refractivity contribution in [2.75, 3.05) is 5.75 Å². The van der Waals surface area contributed by atoms with E-state index >= 15 is 0 Å². The van der Waals surface area contributed by atoms with E-state index in [9.17, 15) is 4.79 Å². The third kappa shape index (κ3) is 6.41. The number of nitrogens with one attached hydrogen (secondary N) is 4. The van der Waals surface area contributed by atoms with Crippen molar-refractivity contribution in [2.45, 2.75) is 37.8 Å². The first-order valence-corrected chi connectivity index (χ1v) is 14.4. The molecule has 2 amide bonds. The lowest BCUT2D eigenvalue weighted by Crippen LogP contribution is -2.38. The molecule has 0 spiro atoms. The van der Waals surface area contributed by atoms with Gasteiger partial charge in [-0.15, -0.1) is 11.8 Å². The van der Waals surface area contributed by atoms with Crippen molar-refractivity contribution < 1.29 is 4.79 Å². The maximum absolute atomic E-state index is 13.1. The number of carbonyl (C=O) groups is 1. The van der Waals surface area contributed by atoms with Crippen LogP contribution in [-0.4, -0.2) is 31.9 Å². The number of aryl methyl sites for hydroxylation is 1. The molecule has 2 aromatic heterocycles. The molecule has 1 atom stereocenters. The van der Waals surface area contributed by atoms with Gasteiger partial charge in [-0.2, -0.15) is 5.10 Å². The van der Waals surface area contributed by atoms with E-state index in [1.807, 2.05) is 73.7 Å². The fourth-order valence-electron chi connectivity index (χ4n) is 4.46. The molecule has 7 nitrogen and oxygen atoms in total. The molecule has 4 N–H and O–H groups in total. The molecule has 5 aromatic rings. The van der Waals surface area contributed by atoms with Crippen LogP contribution in [0.2, 0.25) is 10.2 Å². The van der Waals surface area contributed by atoms with Gasteiger partial charge in [0.25, 0.3) is 0 Å². The molecule has 0 aliphatic heterocycles. The number of carbonyl (C=O) groups excluding carboxylic acids is 1. The van der Waals surface area contributed by atoms with Crippen LogP contribution in [0, 0.1) is 6.92 Å². The van der Waals surface area contributed by atoms with E-state index in [-0.39, 0.29) is 6.03 Å². The Hall–Kier alpha value is -3.46. The highest BCUT2D eigenvalue weighted by atomic mass is 35.5. The van der Waals surface area contributed by atoms with Crippen LogP contribution >= 0.6 is 35.0 Å². The first kappa shape index (κ1) is 27.1. The number of aromatic nitrogens is 4. The number of hydrogen-bond acceptors (Lipinski definition) is 4. The maximum atomic E-state index is 13.1. The summed E-state index contributed by atoms with van der Waals surface area (Å²) in [7, 11) is 0. The van der Waals surface area contributed by atoms with Gasteiger partial charge in [-0.05, 0) is 54.5 Å². The first-order valence-electron chi connectivity index (χ1n) is 12.6. The summed E-state index contributed by atoms with van der Waals surface area (Å²) in [5, 5.41) is 15.5. The maximum Gasteiger partial charge on any atom is 0.315 e. The van der Waals surface area contributed by atoms with Gasteiger partial charge in [0.05, 0.1) is 17.3 Å². The minimum atomic E-state index is -0.444. The number of urea groups is 1. The minimum Gasteiger partial charge on any atom is -0.334 e. The van der Waals surface area contributed by atoms with E-state index in [4.69, 9.17) is 28.2 Å². The number of halogens is 2. The van der Waals surface area contributed by atoms with Gasteiger partial charge in [-0.25, -0.2) is 9.78 Å². The average Bonchev–Trinajstić information content (AvgIpc) is 3.51. The van der Waals surface area contributed by atoms with E-state index in [1.165, 1.54) is 0 Å². The lowest BCUT2D eigenvalue weighted by Gasteiger charge is -2.18. The van der Waals surface area contributed by atoms with Crippen molar-refractivity contribution in [2.24, 2.45) is 0 Å². The molecule has 3 aromatic carbocycles. The zero-order chi connectivity index (χ0) is 27.4. The summed E-state index contributed by atoms with van der Waals surface area (Å²) in [6.07, 6.45) is 0.532. The van der Waals surface area contributed by atoms with Crippen LogP contribution in [0.1, 0.15) is 35.6 Å². The van der Waals surface area contributed by atoms with Crippen LogP contribution in [0.3, 0.4) is 0 Å². The SMILES string of the molecule is CCSc1ccc(Cl)cc1CNC(=O)N[C@@H](Cc1ccccc1)c1nc(-c2ccc3c(C)n[nH]c3c2)c(Cl)[nH]1. The monoisotopic (exact) mass is 578 g/mol. The minimum absolute atomic E-state index is 0.313. The molecule has 200 valence electrons. The molecular formula is C29H28Cl2N6OS. The normalized spacial score (nSPS) is 12.0. The van der Waals surface area contributed by atoms with E-state index in [0.717, 1.165) is 43.9 Å². The van der Waals surface area contributed by atoms with Gasteiger partial charge < -0.3 is 15.6 Å². The molecule has 5 rings (SSSR count). The predicted octanol–water partition coefficient (Wildman–Crippen LogP) is 7.46. The van der Waals surface area contributed by atoms with E-state index in [1.54, 1.807) is 11.8 Å². The highest BCUT2D eigenvalue weighted by Crippen LogP contribution is 2.31. The molecule has 0 fully saturated rings. The second kappa shape index (κ2) is 12.2. The Morgan fingerprint density at radius 2 is 1.90 bits per heavy atom. The zero-order valence-electron chi connectivity index (χ0n) is 21.5. The summed E-state index contributed by atoms with van der Waals surface area (Å²) in [5.41, 5.74) is 5.33. The largest absolute Gasteiger partial charge is 0.334 e. The fraction of sp³-hybridized carbons (Fsp3) is 0.207. The molecule has 0 bridgehead atoms. The molecule has 2 heterocycles. The Balaban J connectivity index is 1.38. The lowest BCUT2D eigenvalue weighted by molar-refractivity contribution is 0.236. The molecule has 0 saturated carbocycles. The number of nitrogens with zero attached hydrogens (tertiary/aromatic N) is 2. The quantitative estimate of drug-likeness (QED) is 0.136.